The van der Waals surface area contributed by atoms with Gasteiger partial charge in [-0.25, -0.2) is 4.68 Å². The standard InChI is InChI=1S/C29H21N3O2/c33-24-18-16-22(17-19-24)31-27(21-12-6-2-7-13-21)25-26(20-10-4-1-5-11-20)30-32(28(25)29(31)34)23-14-8-3-9-15-23/h1-19,27,33H. The van der Waals surface area contributed by atoms with Gasteiger partial charge in [-0.1, -0.05) is 78.9 Å². The molecule has 5 aromatic rings. The molecule has 0 fully saturated rings. The molecule has 5 nitrogen and oxygen atoms in total. The van der Waals surface area contributed by atoms with Gasteiger partial charge in [-0.05, 0) is 42.0 Å². The zero-order valence-corrected chi connectivity index (χ0v) is 18.2. The van der Waals surface area contributed by atoms with Crippen LogP contribution in [0.1, 0.15) is 27.7 Å². The lowest BCUT2D eigenvalue weighted by Gasteiger charge is -2.26. The minimum absolute atomic E-state index is 0.131. The highest BCUT2D eigenvalue weighted by atomic mass is 16.3. The molecule has 1 N–H and O–H groups in total. The number of carbonyl (C=O) groups is 1. The van der Waals surface area contributed by atoms with Gasteiger partial charge in [0.25, 0.3) is 5.91 Å². The van der Waals surface area contributed by atoms with Crippen LogP contribution < -0.4 is 4.90 Å². The molecule has 0 bridgehead atoms. The molecule has 1 aliphatic heterocycles. The molecule has 1 aliphatic rings. The molecule has 2 heterocycles. The van der Waals surface area contributed by atoms with Gasteiger partial charge < -0.3 is 5.11 Å². The Bertz CT molecular complexity index is 1460. The molecule has 6 rings (SSSR count). The van der Waals surface area contributed by atoms with Crippen LogP contribution in [0.15, 0.2) is 115 Å². The number of hydrogen-bond donors (Lipinski definition) is 1. The first-order chi connectivity index (χ1) is 16.7. The number of benzene rings is 4. The van der Waals surface area contributed by atoms with E-state index < -0.39 is 0 Å². The van der Waals surface area contributed by atoms with Crippen molar-refractivity contribution in [2.24, 2.45) is 0 Å². The van der Waals surface area contributed by atoms with E-state index in [2.05, 4.69) is 0 Å². The maximum absolute atomic E-state index is 14.1. The van der Waals surface area contributed by atoms with E-state index in [0.29, 0.717) is 11.4 Å². The van der Waals surface area contributed by atoms with E-state index >= 15 is 0 Å². The second-order valence-corrected chi connectivity index (χ2v) is 8.23. The molecule has 0 spiro atoms. The van der Waals surface area contributed by atoms with Gasteiger partial charge in [-0.2, -0.15) is 5.10 Å². The SMILES string of the molecule is O=C1c2c(c(-c3ccccc3)nn2-c2ccccc2)C(c2ccccc2)N1c1ccc(O)cc1. The first-order valence-corrected chi connectivity index (χ1v) is 11.1. The summed E-state index contributed by atoms with van der Waals surface area (Å²) in [4.78, 5) is 15.9. The lowest BCUT2D eigenvalue weighted by molar-refractivity contribution is 0.0986. The molecule has 34 heavy (non-hydrogen) atoms. The van der Waals surface area contributed by atoms with Crippen LogP contribution in [0.4, 0.5) is 5.69 Å². The summed E-state index contributed by atoms with van der Waals surface area (Å²) >= 11 is 0. The van der Waals surface area contributed by atoms with Gasteiger partial charge in [0.15, 0.2) is 0 Å². The topological polar surface area (TPSA) is 58.4 Å². The summed E-state index contributed by atoms with van der Waals surface area (Å²) in [5, 5.41) is 14.8. The van der Waals surface area contributed by atoms with Crippen molar-refractivity contribution in [1.82, 2.24) is 9.78 Å². The molecule has 1 aromatic heterocycles. The van der Waals surface area contributed by atoms with Gasteiger partial charge >= 0.3 is 0 Å². The summed E-state index contributed by atoms with van der Waals surface area (Å²) in [5.41, 5.74) is 5.69. The van der Waals surface area contributed by atoms with E-state index in [1.807, 2.05) is 91.0 Å². The number of carbonyl (C=O) groups excluding carboxylic acids is 1. The van der Waals surface area contributed by atoms with E-state index in [0.717, 1.165) is 28.1 Å². The largest absolute Gasteiger partial charge is 0.508 e. The number of phenolic OH excluding ortho intramolecular Hbond substituents is 1. The minimum Gasteiger partial charge on any atom is -0.508 e. The Morgan fingerprint density at radius 1 is 0.676 bits per heavy atom. The zero-order chi connectivity index (χ0) is 23.1. The lowest BCUT2D eigenvalue weighted by atomic mass is 9.96. The van der Waals surface area contributed by atoms with Crippen LogP contribution in [-0.4, -0.2) is 20.8 Å². The maximum Gasteiger partial charge on any atom is 0.278 e. The summed E-state index contributed by atoms with van der Waals surface area (Å²) in [7, 11) is 0. The van der Waals surface area contributed by atoms with Crippen LogP contribution in [0.2, 0.25) is 0 Å². The van der Waals surface area contributed by atoms with E-state index in [1.165, 1.54) is 0 Å². The number of hydrogen-bond acceptors (Lipinski definition) is 3. The molecule has 0 radical (unpaired) electrons. The van der Waals surface area contributed by atoms with Gasteiger partial charge in [0.2, 0.25) is 0 Å². The van der Waals surface area contributed by atoms with E-state index in [-0.39, 0.29) is 17.7 Å². The van der Waals surface area contributed by atoms with Gasteiger partial charge in [0, 0.05) is 16.8 Å². The fraction of sp³-hybridized carbons (Fsp3) is 0.0345. The zero-order valence-electron chi connectivity index (χ0n) is 18.2. The molecule has 0 aliphatic carbocycles. The van der Waals surface area contributed by atoms with Crippen molar-refractivity contribution in [2.75, 3.05) is 4.90 Å². The molecule has 4 aromatic carbocycles. The number of amides is 1. The Kier molecular flexibility index (Phi) is 4.73. The monoisotopic (exact) mass is 443 g/mol. The highest BCUT2D eigenvalue weighted by Crippen LogP contribution is 2.46. The first kappa shape index (κ1) is 20.0. The third-order valence-corrected chi connectivity index (χ3v) is 6.17. The van der Waals surface area contributed by atoms with Gasteiger partial charge in [0.05, 0.1) is 17.4 Å². The van der Waals surface area contributed by atoms with Crippen LogP contribution in [-0.2, 0) is 0 Å². The quantitative estimate of drug-likeness (QED) is 0.371. The van der Waals surface area contributed by atoms with Crippen LogP contribution in [0.3, 0.4) is 0 Å². The molecular weight excluding hydrogens is 422 g/mol. The number of aromatic hydroxyl groups is 1. The third kappa shape index (κ3) is 3.18. The molecular formula is C29H21N3O2. The van der Waals surface area contributed by atoms with Gasteiger partial charge in [-0.3, -0.25) is 9.69 Å². The third-order valence-electron chi connectivity index (χ3n) is 6.17. The molecule has 1 amide bonds. The van der Waals surface area contributed by atoms with Crippen molar-refractivity contribution < 1.29 is 9.90 Å². The Balaban J connectivity index is 1.66. The number of nitrogens with zero attached hydrogens (tertiary/aromatic N) is 3. The Morgan fingerprint density at radius 3 is 1.91 bits per heavy atom. The number of rotatable bonds is 4. The molecule has 1 unspecified atom stereocenters. The van der Waals surface area contributed by atoms with Crippen molar-refractivity contribution in [3.05, 3.63) is 132 Å². The minimum atomic E-state index is -0.360. The van der Waals surface area contributed by atoms with Crippen LogP contribution >= 0.6 is 0 Å². The van der Waals surface area contributed by atoms with E-state index in [9.17, 15) is 9.90 Å². The molecule has 0 saturated carbocycles. The highest BCUT2D eigenvalue weighted by molar-refractivity contribution is 6.12. The van der Waals surface area contributed by atoms with Crippen LogP contribution in [0.25, 0.3) is 16.9 Å². The van der Waals surface area contributed by atoms with Crippen molar-refractivity contribution in [1.29, 1.82) is 0 Å². The second-order valence-electron chi connectivity index (χ2n) is 8.23. The predicted octanol–water partition coefficient (Wildman–Crippen LogP) is 5.99. The summed E-state index contributed by atoms with van der Waals surface area (Å²) in [6.45, 7) is 0. The van der Waals surface area contributed by atoms with Crippen molar-refractivity contribution in [3.8, 4) is 22.7 Å². The second kappa shape index (κ2) is 8.05. The first-order valence-electron chi connectivity index (χ1n) is 11.1. The summed E-state index contributed by atoms with van der Waals surface area (Å²) in [6.07, 6.45) is 0. The number of aromatic nitrogens is 2. The molecule has 5 heteroatoms. The maximum atomic E-state index is 14.1. The Hall–Kier alpha value is -4.64. The van der Waals surface area contributed by atoms with Crippen LogP contribution in [0, 0.1) is 0 Å². The average Bonchev–Trinajstić information content (AvgIpc) is 3.42. The number of fused-ring (bicyclic) bond motifs is 1. The van der Waals surface area contributed by atoms with Crippen molar-refractivity contribution in [2.45, 2.75) is 6.04 Å². The fourth-order valence-electron chi connectivity index (χ4n) is 4.65. The number of para-hydroxylation sites is 1. The van der Waals surface area contributed by atoms with Crippen molar-refractivity contribution >= 4 is 11.6 Å². The van der Waals surface area contributed by atoms with Gasteiger partial charge in [-0.15, -0.1) is 0 Å². The highest BCUT2D eigenvalue weighted by Gasteiger charge is 2.45. The lowest BCUT2D eigenvalue weighted by Crippen LogP contribution is -2.30. The summed E-state index contributed by atoms with van der Waals surface area (Å²) in [6, 6.07) is 36.1. The number of anilines is 1. The molecule has 164 valence electrons. The Morgan fingerprint density at radius 2 is 1.26 bits per heavy atom. The summed E-state index contributed by atoms with van der Waals surface area (Å²) in [5.74, 6) is 0.0256. The normalized spacial score (nSPS) is 14.9. The number of phenols is 1. The smallest absolute Gasteiger partial charge is 0.278 e. The summed E-state index contributed by atoms with van der Waals surface area (Å²) < 4.78 is 1.76. The average molecular weight is 444 g/mol. The van der Waals surface area contributed by atoms with Crippen LogP contribution in [0.5, 0.6) is 5.75 Å². The Labute approximate surface area is 197 Å². The van der Waals surface area contributed by atoms with E-state index in [4.69, 9.17) is 5.10 Å². The molecule has 0 saturated heterocycles. The van der Waals surface area contributed by atoms with Crippen molar-refractivity contribution in [3.63, 3.8) is 0 Å². The van der Waals surface area contributed by atoms with E-state index in [1.54, 1.807) is 33.8 Å². The van der Waals surface area contributed by atoms with Gasteiger partial charge in [0.1, 0.15) is 11.4 Å². The fourth-order valence-corrected chi connectivity index (χ4v) is 4.65. The molecule has 1 atom stereocenters. The predicted molar refractivity (Wildman–Crippen MR) is 132 cm³/mol.